The Kier molecular flexibility index (Phi) is 5.84. The summed E-state index contributed by atoms with van der Waals surface area (Å²) in [5.41, 5.74) is 1.32. The molecule has 0 aromatic heterocycles. The van der Waals surface area contributed by atoms with Crippen LogP contribution in [-0.2, 0) is 0 Å². The molecule has 0 bridgehead atoms. The van der Waals surface area contributed by atoms with Crippen LogP contribution >= 0.6 is 0 Å². The molecular weight excluding hydrogens is 308 g/mol. The van der Waals surface area contributed by atoms with Crippen molar-refractivity contribution in [2.75, 3.05) is 28.4 Å². The fraction of sp³-hybridized carbons (Fsp3) is 0.211. The number of allylic oxidation sites excluding steroid dienone is 1. The molecule has 0 spiro atoms. The van der Waals surface area contributed by atoms with E-state index in [1.54, 1.807) is 70.9 Å². The number of hydrogen-bond donors (Lipinski definition) is 0. The number of ether oxygens (including phenoxy) is 4. The van der Waals surface area contributed by atoms with Gasteiger partial charge in [0.25, 0.3) is 0 Å². The predicted octanol–water partition coefficient (Wildman–Crippen LogP) is 3.62. The Morgan fingerprint density at radius 2 is 1.54 bits per heavy atom. The van der Waals surface area contributed by atoms with Crippen molar-refractivity contribution in [3.63, 3.8) is 0 Å². The molecule has 0 amide bonds. The topological polar surface area (TPSA) is 54.0 Å². The molecule has 5 nitrogen and oxygen atoms in total. The van der Waals surface area contributed by atoms with Crippen molar-refractivity contribution < 1.29 is 23.7 Å². The second-order valence-corrected chi connectivity index (χ2v) is 4.89. The molecule has 0 atom stereocenters. The van der Waals surface area contributed by atoms with E-state index < -0.39 is 0 Å². The van der Waals surface area contributed by atoms with E-state index in [4.69, 9.17) is 18.9 Å². The molecule has 0 aliphatic rings. The van der Waals surface area contributed by atoms with Crippen LogP contribution in [0.5, 0.6) is 23.0 Å². The summed E-state index contributed by atoms with van der Waals surface area (Å²) in [5, 5.41) is 0. The zero-order valence-corrected chi connectivity index (χ0v) is 14.2. The van der Waals surface area contributed by atoms with Crippen molar-refractivity contribution in [3.8, 4) is 23.0 Å². The Hall–Kier alpha value is -2.95. The molecular formula is C19H20O5. The predicted molar refractivity (Wildman–Crippen MR) is 92.5 cm³/mol. The largest absolute Gasteiger partial charge is 0.497 e. The highest BCUT2D eigenvalue weighted by Gasteiger charge is 2.12. The van der Waals surface area contributed by atoms with Gasteiger partial charge in [-0.25, -0.2) is 0 Å². The van der Waals surface area contributed by atoms with Gasteiger partial charge >= 0.3 is 0 Å². The second-order valence-electron chi connectivity index (χ2n) is 4.89. The number of ketones is 1. The maximum atomic E-state index is 12.3. The molecule has 0 saturated carbocycles. The fourth-order valence-corrected chi connectivity index (χ4v) is 2.24. The SMILES string of the molecule is COc1cccc(C(=O)/C=C/c2cc(OC)c(OC)c(OC)c2)c1. The maximum absolute atomic E-state index is 12.3. The Morgan fingerprint density at radius 3 is 2.08 bits per heavy atom. The van der Waals surface area contributed by atoms with E-state index in [2.05, 4.69) is 0 Å². The van der Waals surface area contributed by atoms with E-state index in [0.29, 0.717) is 28.6 Å². The number of hydrogen-bond acceptors (Lipinski definition) is 5. The molecule has 0 aliphatic carbocycles. The minimum Gasteiger partial charge on any atom is -0.497 e. The van der Waals surface area contributed by atoms with Crippen molar-refractivity contribution in [3.05, 3.63) is 53.6 Å². The van der Waals surface area contributed by atoms with Crippen LogP contribution in [0.25, 0.3) is 6.08 Å². The molecule has 0 unspecified atom stereocenters. The molecule has 2 aromatic carbocycles. The molecule has 0 heterocycles. The number of carbonyl (C=O) groups is 1. The van der Waals surface area contributed by atoms with E-state index in [9.17, 15) is 4.79 Å². The summed E-state index contributed by atoms with van der Waals surface area (Å²) in [5.74, 6) is 2.09. The van der Waals surface area contributed by atoms with Gasteiger partial charge in [0.1, 0.15) is 5.75 Å². The van der Waals surface area contributed by atoms with Crippen molar-refractivity contribution in [2.45, 2.75) is 0 Å². The van der Waals surface area contributed by atoms with Crippen LogP contribution in [-0.4, -0.2) is 34.2 Å². The van der Waals surface area contributed by atoms with Crippen LogP contribution in [0.1, 0.15) is 15.9 Å². The lowest BCUT2D eigenvalue weighted by molar-refractivity contribution is 0.104. The summed E-state index contributed by atoms with van der Waals surface area (Å²) in [6.07, 6.45) is 3.20. The summed E-state index contributed by atoms with van der Waals surface area (Å²) in [6.45, 7) is 0. The quantitative estimate of drug-likeness (QED) is 0.574. The highest BCUT2D eigenvalue weighted by atomic mass is 16.5. The summed E-state index contributed by atoms with van der Waals surface area (Å²) in [7, 11) is 6.20. The third-order valence-electron chi connectivity index (χ3n) is 3.47. The Morgan fingerprint density at radius 1 is 0.875 bits per heavy atom. The van der Waals surface area contributed by atoms with E-state index in [1.807, 2.05) is 0 Å². The van der Waals surface area contributed by atoms with Crippen molar-refractivity contribution >= 4 is 11.9 Å². The molecule has 126 valence electrons. The standard InChI is InChI=1S/C19H20O5/c1-21-15-7-5-6-14(12-15)16(20)9-8-13-10-17(22-2)19(24-4)18(11-13)23-3/h5-12H,1-4H3/b9-8+. The lowest BCUT2D eigenvalue weighted by atomic mass is 10.1. The highest BCUT2D eigenvalue weighted by molar-refractivity contribution is 6.07. The van der Waals surface area contributed by atoms with Crippen LogP contribution < -0.4 is 18.9 Å². The van der Waals surface area contributed by atoms with Gasteiger partial charge in [0, 0.05) is 5.56 Å². The van der Waals surface area contributed by atoms with Crippen LogP contribution in [0.15, 0.2) is 42.5 Å². The number of rotatable bonds is 7. The average Bonchev–Trinajstić information content (AvgIpc) is 2.64. The minimum atomic E-state index is -0.123. The molecule has 0 radical (unpaired) electrons. The van der Waals surface area contributed by atoms with Gasteiger partial charge in [-0.1, -0.05) is 18.2 Å². The Bertz CT molecular complexity index is 724. The smallest absolute Gasteiger partial charge is 0.203 e. The van der Waals surface area contributed by atoms with Gasteiger partial charge in [-0.05, 0) is 35.9 Å². The van der Waals surface area contributed by atoms with Gasteiger partial charge in [-0.3, -0.25) is 4.79 Å². The van der Waals surface area contributed by atoms with Crippen LogP contribution in [0, 0.1) is 0 Å². The normalized spacial score (nSPS) is 10.5. The van der Waals surface area contributed by atoms with E-state index in [1.165, 1.54) is 6.08 Å². The van der Waals surface area contributed by atoms with E-state index in [-0.39, 0.29) is 5.78 Å². The van der Waals surface area contributed by atoms with Gasteiger partial charge in [-0.2, -0.15) is 0 Å². The highest BCUT2D eigenvalue weighted by Crippen LogP contribution is 2.38. The van der Waals surface area contributed by atoms with Gasteiger partial charge in [0.05, 0.1) is 28.4 Å². The number of methoxy groups -OCH3 is 4. The fourth-order valence-electron chi connectivity index (χ4n) is 2.24. The zero-order chi connectivity index (χ0) is 17.5. The van der Waals surface area contributed by atoms with Crippen LogP contribution in [0.4, 0.5) is 0 Å². The van der Waals surface area contributed by atoms with Crippen LogP contribution in [0.3, 0.4) is 0 Å². The van der Waals surface area contributed by atoms with E-state index in [0.717, 1.165) is 5.56 Å². The Labute approximate surface area is 141 Å². The van der Waals surface area contributed by atoms with Gasteiger partial charge in [-0.15, -0.1) is 0 Å². The lowest BCUT2D eigenvalue weighted by Crippen LogP contribution is -1.96. The van der Waals surface area contributed by atoms with Gasteiger partial charge in [0.15, 0.2) is 17.3 Å². The number of carbonyl (C=O) groups excluding carboxylic acids is 1. The van der Waals surface area contributed by atoms with Gasteiger partial charge < -0.3 is 18.9 Å². The molecule has 0 aliphatic heterocycles. The first-order chi connectivity index (χ1) is 11.6. The molecule has 5 heteroatoms. The summed E-state index contributed by atoms with van der Waals surface area (Å²) >= 11 is 0. The zero-order valence-electron chi connectivity index (χ0n) is 14.2. The van der Waals surface area contributed by atoms with E-state index >= 15 is 0 Å². The molecule has 2 aromatic rings. The number of benzene rings is 2. The molecule has 24 heavy (non-hydrogen) atoms. The first-order valence-electron chi connectivity index (χ1n) is 7.29. The van der Waals surface area contributed by atoms with Crippen molar-refractivity contribution in [2.24, 2.45) is 0 Å². The first kappa shape index (κ1) is 17.4. The molecule has 0 N–H and O–H groups in total. The van der Waals surface area contributed by atoms with Crippen molar-refractivity contribution in [1.82, 2.24) is 0 Å². The Balaban J connectivity index is 2.29. The monoisotopic (exact) mass is 328 g/mol. The summed E-state index contributed by atoms with van der Waals surface area (Å²) in [6, 6.07) is 10.6. The third-order valence-corrected chi connectivity index (χ3v) is 3.47. The summed E-state index contributed by atoms with van der Waals surface area (Å²) in [4.78, 5) is 12.3. The molecule has 0 fully saturated rings. The molecule has 2 rings (SSSR count). The third kappa shape index (κ3) is 3.87. The molecule has 0 saturated heterocycles. The average molecular weight is 328 g/mol. The minimum absolute atomic E-state index is 0.123. The second kappa shape index (κ2) is 8.06. The summed E-state index contributed by atoms with van der Waals surface area (Å²) < 4.78 is 21.0. The van der Waals surface area contributed by atoms with Crippen LogP contribution in [0.2, 0.25) is 0 Å². The first-order valence-corrected chi connectivity index (χ1v) is 7.29. The van der Waals surface area contributed by atoms with Crippen molar-refractivity contribution in [1.29, 1.82) is 0 Å². The van der Waals surface area contributed by atoms with Gasteiger partial charge in [0.2, 0.25) is 5.75 Å². The maximum Gasteiger partial charge on any atom is 0.203 e. The lowest BCUT2D eigenvalue weighted by Gasteiger charge is -2.12.